The molecule has 102 valence electrons. The smallest absolute Gasteiger partial charge is 0.335 e. The van der Waals surface area contributed by atoms with E-state index in [0.29, 0.717) is 6.54 Å². The van der Waals surface area contributed by atoms with E-state index in [4.69, 9.17) is 5.11 Å². The number of nitrogens with zero attached hydrogens (tertiary/aromatic N) is 1. The molecular formula is C14H16FNO3. The first-order chi connectivity index (χ1) is 9.00. The Morgan fingerprint density at radius 1 is 1.37 bits per heavy atom. The highest BCUT2D eigenvalue weighted by molar-refractivity contribution is 5.96. The lowest BCUT2D eigenvalue weighted by Crippen LogP contribution is -2.42. The molecule has 1 atom stereocenters. The van der Waals surface area contributed by atoms with Gasteiger partial charge in [0, 0.05) is 12.6 Å². The molecule has 1 aromatic rings. The number of amides is 1. The lowest BCUT2D eigenvalue weighted by molar-refractivity contribution is 0.0627. The maximum atomic E-state index is 13.8. The molecule has 2 rings (SSSR count). The van der Waals surface area contributed by atoms with Crippen LogP contribution in [-0.4, -0.2) is 34.5 Å². The van der Waals surface area contributed by atoms with Crippen molar-refractivity contribution in [2.24, 2.45) is 0 Å². The summed E-state index contributed by atoms with van der Waals surface area (Å²) in [6.45, 7) is 2.57. The van der Waals surface area contributed by atoms with Gasteiger partial charge in [-0.15, -0.1) is 0 Å². The Hall–Kier alpha value is -1.91. The van der Waals surface area contributed by atoms with E-state index in [0.717, 1.165) is 25.3 Å². The number of likely N-dealkylation sites (tertiary alicyclic amines) is 1. The summed E-state index contributed by atoms with van der Waals surface area (Å²) >= 11 is 0. The van der Waals surface area contributed by atoms with Crippen LogP contribution in [-0.2, 0) is 0 Å². The molecule has 0 spiro atoms. The fourth-order valence-corrected chi connectivity index (χ4v) is 2.38. The van der Waals surface area contributed by atoms with Gasteiger partial charge in [0.05, 0.1) is 11.1 Å². The minimum atomic E-state index is -1.20. The van der Waals surface area contributed by atoms with Gasteiger partial charge in [0.1, 0.15) is 5.82 Å². The second-order valence-corrected chi connectivity index (χ2v) is 4.84. The Balaban J connectivity index is 2.26. The number of rotatable bonds is 2. The fraction of sp³-hybridized carbons (Fsp3) is 0.429. The van der Waals surface area contributed by atoms with Gasteiger partial charge in [-0.3, -0.25) is 4.79 Å². The van der Waals surface area contributed by atoms with E-state index in [9.17, 15) is 14.0 Å². The first-order valence-electron chi connectivity index (χ1n) is 6.34. The molecule has 1 amide bonds. The number of hydrogen-bond donors (Lipinski definition) is 1. The molecule has 1 aromatic carbocycles. The molecular weight excluding hydrogens is 249 g/mol. The van der Waals surface area contributed by atoms with Gasteiger partial charge in [-0.25, -0.2) is 9.18 Å². The lowest BCUT2D eigenvalue weighted by Gasteiger charge is -2.33. The summed E-state index contributed by atoms with van der Waals surface area (Å²) in [5.41, 5.74) is -0.209. The van der Waals surface area contributed by atoms with Crippen LogP contribution in [0.15, 0.2) is 18.2 Å². The highest BCUT2D eigenvalue weighted by Crippen LogP contribution is 2.21. The first kappa shape index (κ1) is 13.5. The van der Waals surface area contributed by atoms with E-state index in [-0.39, 0.29) is 23.1 Å². The van der Waals surface area contributed by atoms with Crippen LogP contribution in [0.3, 0.4) is 0 Å². The van der Waals surface area contributed by atoms with Gasteiger partial charge in [-0.2, -0.15) is 0 Å². The van der Waals surface area contributed by atoms with E-state index in [1.165, 1.54) is 12.1 Å². The van der Waals surface area contributed by atoms with Crippen molar-refractivity contribution in [2.75, 3.05) is 6.54 Å². The Morgan fingerprint density at radius 3 is 2.68 bits per heavy atom. The Labute approximate surface area is 110 Å². The number of piperidine rings is 1. The Bertz CT molecular complexity index is 515. The molecule has 1 aliphatic heterocycles. The predicted molar refractivity (Wildman–Crippen MR) is 67.7 cm³/mol. The molecule has 5 heteroatoms. The van der Waals surface area contributed by atoms with Crippen LogP contribution < -0.4 is 0 Å². The lowest BCUT2D eigenvalue weighted by atomic mass is 10.0. The third kappa shape index (κ3) is 2.75. The van der Waals surface area contributed by atoms with Crippen LogP contribution >= 0.6 is 0 Å². The number of halogens is 1. The standard InChI is InChI=1S/C14H16FNO3/c1-9-4-2-3-7-16(9)13(17)11-6-5-10(14(18)19)8-12(11)15/h5-6,8-9H,2-4,7H2,1H3,(H,18,19). The monoisotopic (exact) mass is 265 g/mol. The molecule has 0 bridgehead atoms. The average Bonchev–Trinajstić information content (AvgIpc) is 2.38. The molecule has 0 aliphatic carbocycles. The largest absolute Gasteiger partial charge is 0.478 e. The highest BCUT2D eigenvalue weighted by Gasteiger charge is 2.26. The molecule has 4 nitrogen and oxygen atoms in total. The molecule has 19 heavy (non-hydrogen) atoms. The number of carbonyl (C=O) groups excluding carboxylic acids is 1. The van der Waals surface area contributed by atoms with Crippen molar-refractivity contribution < 1.29 is 19.1 Å². The summed E-state index contributed by atoms with van der Waals surface area (Å²) in [5.74, 6) is -2.34. The van der Waals surface area contributed by atoms with E-state index in [1.54, 1.807) is 4.90 Å². The van der Waals surface area contributed by atoms with Gasteiger partial charge < -0.3 is 10.0 Å². The Kier molecular flexibility index (Phi) is 3.83. The van der Waals surface area contributed by atoms with Crippen molar-refractivity contribution in [3.63, 3.8) is 0 Å². The van der Waals surface area contributed by atoms with Gasteiger partial charge >= 0.3 is 5.97 Å². The van der Waals surface area contributed by atoms with E-state index in [2.05, 4.69) is 0 Å². The quantitative estimate of drug-likeness (QED) is 0.894. The summed E-state index contributed by atoms with van der Waals surface area (Å²) in [6.07, 6.45) is 2.91. The molecule has 0 saturated carbocycles. The molecule has 1 fully saturated rings. The molecule has 1 N–H and O–H groups in total. The normalized spacial score (nSPS) is 19.3. The summed E-state index contributed by atoms with van der Waals surface area (Å²) in [6, 6.07) is 3.50. The first-order valence-corrected chi connectivity index (χ1v) is 6.34. The molecule has 0 aromatic heterocycles. The van der Waals surface area contributed by atoms with Crippen LogP contribution in [0.1, 0.15) is 46.9 Å². The van der Waals surface area contributed by atoms with Crippen LogP contribution in [0.5, 0.6) is 0 Å². The van der Waals surface area contributed by atoms with Gasteiger partial charge in [0.25, 0.3) is 5.91 Å². The maximum absolute atomic E-state index is 13.8. The van der Waals surface area contributed by atoms with Crippen LogP contribution in [0, 0.1) is 5.82 Å². The number of carboxylic acid groups (broad SMARTS) is 1. The molecule has 0 radical (unpaired) electrons. The van der Waals surface area contributed by atoms with E-state index >= 15 is 0 Å². The van der Waals surface area contributed by atoms with Crippen LogP contribution in [0.2, 0.25) is 0 Å². The zero-order valence-electron chi connectivity index (χ0n) is 10.7. The molecule has 1 heterocycles. The maximum Gasteiger partial charge on any atom is 0.335 e. The second kappa shape index (κ2) is 5.38. The van der Waals surface area contributed by atoms with E-state index < -0.39 is 11.8 Å². The number of benzene rings is 1. The summed E-state index contributed by atoms with van der Waals surface area (Å²) in [7, 11) is 0. The molecule has 1 aliphatic rings. The highest BCUT2D eigenvalue weighted by atomic mass is 19.1. The van der Waals surface area contributed by atoms with Crippen molar-refractivity contribution in [3.8, 4) is 0 Å². The molecule has 1 unspecified atom stereocenters. The van der Waals surface area contributed by atoms with Crippen molar-refractivity contribution in [3.05, 3.63) is 35.1 Å². The summed E-state index contributed by atoms with van der Waals surface area (Å²) < 4.78 is 13.8. The SMILES string of the molecule is CC1CCCCN1C(=O)c1ccc(C(=O)O)cc1F. The van der Waals surface area contributed by atoms with Crippen molar-refractivity contribution in [2.45, 2.75) is 32.2 Å². The Morgan fingerprint density at radius 2 is 2.11 bits per heavy atom. The minimum Gasteiger partial charge on any atom is -0.478 e. The van der Waals surface area contributed by atoms with Gasteiger partial charge in [-0.05, 0) is 44.4 Å². The summed E-state index contributed by atoms with van der Waals surface area (Å²) in [4.78, 5) is 24.6. The predicted octanol–water partition coefficient (Wildman–Crippen LogP) is 2.54. The average molecular weight is 265 g/mol. The van der Waals surface area contributed by atoms with Crippen molar-refractivity contribution in [1.29, 1.82) is 0 Å². The van der Waals surface area contributed by atoms with Crippen LogP contribution in [0.25, 0.3) is 0 Å². The summed E-state index contributed by atoms with van der Waals surface area (Å²) in [5, 5.41) is 8.77. The van der Waals surface area contributed by atoms with Gasteiger partial charge in [0.15, 0.2) is 0 Å². The minimum absolute atomic E-state index is 0.0567. The number of hydrogen-bond acceptors (Lipinski definition) is 2. The number of carboxylic acids is 1. The van der Waals surface area contributed by atoms with Crippen molar-refractivity contribution >= 4 is 11.9 Å². The van der Waals surface area contributed by atoms with Crippen molar-refractivity contribution in [1.82, 2.24) is 4.90 Å². The third-order valence-electron chi connectivity index (χ3n) is 3.51. The second-order valence-electron chi connectivity index (χ2n) is 4.84. The van der Waals surface area contributed by atoms with Gasteiger partial charge in [-0.1, -0.05) is 0 Å². The van der Waals surface area contributed by atoms with Crippen LogP contribution in [0.4, 0.5) is 4.39 Å². The number of aromatic carboxylic acids is 1. The zero-order valence-corrected chi connectivity index (χ0v) is 10.7. The number of carbonyl (C=O) groups is 2. The third-order valence-corrected chi connectivity index (χ3v) is 3.51. The van der Waals surface area contributed by atoms with E-state index in [1.807, 2.05) is 6.92 Å². The fourth-order valence-electron chi connectivity index (χ4n) is 2.38. The zero-order chi connectivity index (χ0) is 14.0. The van der Waals surface area contributed by atoms with Gasteiger partial charge in [0.2, 0.25) is 0 Å². The molecule has 1 saturated heterocycles. The topological polar surface area (TPSA) is 57.6 Å².